The van der Waals surface area contributed by atoms with Crippen molar-refractivity contribution in [2.45, 2.75) is 63.8 Å². The molecule has 0 heterocycles. The molecule has 0 aliphatic heterocycles. The molecule has 1 aromatic carbocycles. The van der Waals surface area contributed by atoms with E-state index in [-0.39, 0.29) is 5.41 Å². The van der Waals surface area contributed by atoms with Gasteiger partial charge in [-0.25, -0.2) is 0 Å². The highest BCUT2D eigenvalue weighted by Crippen LogP contribution is 2.36. The molecule has 0 aromatic heterocycles. The fourth-order valence-corrected chi connectivity index (χ4v) is 3.88. The van der Waals surface area contributed by atoms with Gasteiger partial charge in [0.2, 0.25) is 0 Å². The Morgan fingerprint density at radius 3 is 2.11 bits per heavy atom. The number of hydrogen-bond donors (Lipinski definition) is 1. The number of rotatable bonds is 4. The summed E-state index contributed by atoms with van der Waals surface area (Å²) in [5.41, 5.74) is 1.66. The van der Waals surface area contributed by atoms with E-state index in [1.807, 2.05) is 0 Å². The Labute approximate surface area is 118 Å². The third kappa shape index (κ3) is 3.39. The maximum atomic E-state index is 3.64. The molecule has 106 valence electrons. The highest BCUT2D eigenvalue weighted by molar-refractivity contribution is 5.26. The van der Waals surface area contributed by atoms with Crippen molar-refractivity contribution in [3.05, 3.63) is 35.9 Å². The summed E-state index contributed by atoms with van der Waals surface area (Å²) in [5.74, 6) is 0.822. The lowest BCUT2D eigenvalue weighted by Crippen LogP contribution is -2.48. The van der Waals surface area contributed by atoms with Crippen LogP contribution in [0, 0.1) is 5.92 Å². The Morgan fingerprint density at radius 1 is 1.00 bits per heavy atom. The van der Waals surface area contributed by atoms with Gasteiger partial charge in [0.15, 0.2) is 0 Å². The van der Waals surface area contributed by atoms with E-state index in [4.69, 9.17) is 0 Å². The SMILES string of the molecule is CNC(C1CCCCCC1)C(C)(C)c1ccccc1. The van der Waals surface area contributed by atoms with Crippen LogP contribution in [0.15, 0.2) is 30.3 Å². The molecule has 19 heavy (non-hydrogen) atoms. The van der Waals surface area contributed by atoms with Crippen LogP contribution in [0.2, 0.25) is 0 Å². The van der Waals surface area contributed by atoms with Crippen molar-refractivity contribution in [1.29, 1.82) is 0 Å². The van der Waals surface area contributed by atoms with E-state index in [1.54, 1.807) is 0 Å². The topological polar surface area (TPSA) is 12.0 Å². The zero-order valence-corrected chi connectivity index (χ0v) is 12.8. The Hall–Kier alpha value is -0.820. The highest BCUT2D eigenvalue weighted by atomic mass is 14.9. The molecule has 0 radical (unpaired) electrons. The summed E-state index contributed by atoms with van der Waals surface area (Å²) in [5, 5.41) is 3.64. The number of likely N-dealkylation sites (N-methyl/N-ethyl adjacent to an activating group) is 1. The molecule has 1 unspecified atom stereocenters. The van der Waals surface area contributed by atoms with Crippen molar-refractivity contribution in [3.63, 3.8) is 0 Å². The van der Waals surface area contributed by atoms with Gasteiger partial charge in [0, 0.05) is 11.5 Å². The Balaban J connectivity index is 2.19. The van der Waals surface area contributed by atoms with Gasteiger partial charge in [-0.2, -0.15) is 0 Å². The molecule has 2 rings (SSSR count). The molecule has 1 saturated carbocycles. The standard InChI is InChI=1S/C18H29N/c1-18(2,16-13-9-6-10-14-16)17(19-3)15-11-7-4-5-8-12-15/h6,9-10,13-15,17,19H,4-5,7-8,11-12H2,1-3H3. The minimum Gasteiger partial charge on any atom is -0.316 e. The average molecular weight is 259 g/mol. The molecule has 1 aromatic rings. The minimum absolute atomic E-state index is 0.199. The second kappa shape index (κ2) is 6.56. The summed E-state index contributed by atoms with van der Waals surface area (Å²) in [6.45, 7) is 4.79. The predicted molar refractivity (Wildman–Crippen MR) is 83.5 cm³/mol. The van der Waals surface area contributed by atoms with Crippen molar-refractivity contribution < 1.29 is 0 Å². The van der Waals surface area contributed by atoms with Crippen LogP contribution in [0.5, 0.6) is 0 Å². The maximum Gasteiger partial charge on any atom is 0.0184 e. The van der Waals surface area contributed by atoms with E-state index >= 15 is 0 Å². The van der Waals surface area contributed by atoms with Gasteiger partial charge >= 0.3 is 0 Å². The second-order valence-corrected chi connectivity index (χ2v) is 6.61. The fourth-order valence-electron chi connectivity index (χ4n) is 3.88. The van der Waals surface area contributed by atoms with Crippen molar-refractivity contribution in [3.8, 4) is 0 Å². The summed E-state index contributed by atoms with van der Waals surface area (Å²) in [7, 11) is 2.14. The van der Waals surface area contributed by atoms with E-state index in [0.29, 0.717) is 6.04 Å². The Kier molecular flexibility index (Phi) is 5.04. The van der Waals surface area contributed by atoms with Crippen LogP contribution < -0.4 is 5.32 Å². The molecular weight excluding hydrogens is 230 g/mol. The third-order valence-corrected chi connectivity index (χ3v) is 4.98. The van der Waals surface area contributed by atoms with Gasteiger partial charge in [0.1, 0.15) is 0 Å². The van der Waals surface area contributed by atoms with Gasteiger partial charge in [-0.1, -0.05) is 69.9 Å². The zero-order valence-electron chi connectivity index (χ0n) is 12.8. The van der Waals surface area contributed by atoms with E-state index in [1.165, 1.54) is 44.1 Å². The summed E-state index contributed by atoms with van der Waals surface area (Å²) in [6.07, 6.45) is 8.46. The lowest BCUT2D eigenvalue weighted by atomic mass is 9.70. The van der Waals surface area contributed by atoms with E-state index < -0.39 is 0 Å². The fraction of sp³-hybridized carbons (Fsp3) is 0.667. The first-order chi connectivity index (χ1) is 9.16. The first-order valence-electron chi connectivity index (χ1n) is 7.89. The van der Waals surface area contributed by atoms with Crippen LogP contribution >= 0.6 is 0 Å². The van der Waals surface area contributed by atoms with E-state index in [9.17, 15) is 0 Å². The zero-order chi connectivity index (χ0) is 13.7. The normalized spacial score (nSPS) is 19.9. The average Bonchev–Trinajstić information content (AvgIpc) is 2.69. The van der Waals surface area contributed by atoms with E-state index in [0.717, 1.165) is 5.92 Å². The molecule has 1 heteroatoms. The van der Waals surface area contributed by atoms with Crippen molar-refractivity contribution in [1.82, 2.24) is 5.32 Å². The quantitative estimate of drug-likeness (QED) is 0.784. The van der Waals surface area contributed by atoms with Gasteiger partial charge in [0.25, 0.3) is 0 Å². The molecule has 1 atom stereocenters. The lowest BCUT2D eigenvalue weighted by Gasteiger charge is -2.40. The molecule has 0 amide bonds. The minimum atomic E-state index is 0.199. The van der Waals surface area contributed by atoms with E-state index in [2.05, 4.69) is 56.5 Å². The molecule has 1 aliphatic carbocycles. The molecule has 1 nitrogen and oxygen atoms in total. The molecular formula is C18H29N. The number of benzene rings is 1. The smallest absolute Gasteiger partial charge is 0.0184 e. The predicted octanol–water partition coefficient (Wildman–Crippen LogP) is 4.52. The molecule has 0 saturated heterocycles. The number of hydrogen-bond acceptors (Lipinski definition) is 1. The summed E-state index contributed by atoms with van der Waals surface area (Å²) in [4.78, 5) is 0. The van der Waals surface area contributed by atoms with Gasteiger partial charge in [-0.05, 0) is 31.4 Å². The largest absolute Gasteiger partial charge is 0.316 e. The maximum absolute atomic E-state index is 3.64. The summed E-state index contributed by atoms with van der Waals surface area (Å²) < 4.78 is 0. The van der Waals surface area contributed by atoms with Crippen LogP contribution in [0.4, 0.5) is 0 Å². The molecule has 0 bridgehead atoms. The highest BCUT2D eigenvalue weighted by Gasteiger charge is 2.35. The number of nitrogens with one attached hydrogen (secondary N) is 1. The Bertz CT molecular complexity index is 361. The lowest BCUT2D eigenvalue weighted by molar-refractivity contribution is 0.236. The summed E-state index contributed by atoms with van der Waals surface area (Å²) in [6, 6.07) is 11.6. The van der Waals surface area contributed by atoms with Crippen LogP contribution in [-0.2, 0) is 5.41 Å². The molecule has 1 N–H and O–H groups in total. The first-order valence-corrected chi connectivity index (χ1v) is 7.89. The van der Waals surface area contributed by atoms with Gasteiger partial charge in [0.05, 0.1) is 0 Å². The van der Waals surface area contributed by atoms with Gasteiger partial charge in [-0.3, -0.25) is 0 Å². The third-order valence-electron chi connectivity index (χ3n) is 4.98. The van der Waals surface area contributed by atoms with Crippen molar-refractivity contribution in [2.24, 2.45) is 5.92 Å². The molecule has 0 spiro atoms. The first kappa shape index (κ1) is 14.6. The monoisotopic (exact) mass is 259 g/mol. The van der Waals surface area contributed by atoms with Crippen LogP contribution in [0.3, 0.4) is 0 Å². The molecule has 1 fully saturated rings. The molecule has 1 aliphatic rings. The Morgan fingerprint density at radius 2 is 1.58 bits per heavy atom. The van der Waals surface area contributed by atoms with Crippen LogP contribution in [0.25, 0.3) is 0 Å². The van der Waals surface area contributed by atoms with Gasteiger partial charge < -0.3 is 5.32 Å². The van der Waals surface area contributed by atoms with Crippen molar-refractivity contribution >= 4 is 0 Å². The second-order valence-electron chi connectivity index (χ2n) is 6.61. The van der Waals surface area contributed by atoms with Crippen LogP contribution in [-0.4, -0.2) is 13.1 Å². The van der Waals surface area contributed by atoms with Crippen LogP contribution in [0.1, 0.15) is 57.9 Å². The van der Waals surface area contributed by atoms with Gasteiger partial charge in [-0.15, -0.1) is 0 Å². The van der Waals surface area contributed by atoms with Crippen molar-refractivity contribution in [2.75, 3.05) is 7.05 Å². The summed E-state index contributed by atoms with van der Waals surface area (Å²) >= 11 is 0.